The molecule has 0 fully saturated rings. The Hall–Kier alpha value is -6.55. The first-order valence-electron chi connectivity index (χ1n) is 20.1. The van der Waals surface area contributed by atoms with Crippen LogP contribution in [0.3, 0.4) is 0 Å². The number of nitrogens with zero attached hydrogens (tertiary/aromatic N) is 2. The predicted molar refractivity (Wildman–Crippen MR) is 253 cm³/mol. The number of fused-ring (bicyclic) bond motifs is 3. The maximum atomic E-state index is 4.30. The quantitative estimate of drug-likeness (QED) is 0.107. The van der Waals surface area contributed by atoms with Gasteiger partial charge in [-0.25, -0.2) is 0 Å². The average molecular weight is 769 g/mol. The molecule has 0 spiro atoms. The number of rotatable bonds is 9. The lowest BCUT2D eigenvalue weighted by Crippen LogP contribution is -2.15. The van der Waals surface area contributed by atoms with Crippen molar-refractivity contribution in [2.45, 2.75) is 38.0 Å². The Morgan fingerprint density at radius 1 is 0.621 bits per heavy atom. The zero-order chi connectivity index (χ0) is 39.7. The number of hydrogen-bond acceptors (Lipinski definition) is 2. The highest BCUT2D eigenvalue weighted by Gasteiger charge is 2.23. The van der Waals surface area contributed by atoms with Crippen LogP contribution >= 0.6 is 11.8 Å². The summed E-state index contributed by atoms with van der Waals surface area (Å²) in [6.07, 6.45) is 31.0. The zero-order valence-electron chi connectivity index (χ0n) is 33.3. The van der Waals surface area contributed by atoms with Crippen molar-refractivity contribution in [3.05, 3.63) is 229 Å². The van der Waals surface area contributed by atoms with Crippen LogP contribution in [0.2, 0.25) is 0 Å². The highest BCUT2D eigenvalue weighted by molar-refractivity contribution is 8.02. The minimum absolute atomic E-state index is 0.848. The third kappa shape index (κ3) is 8.41. The summed E-state index contributed by atoms with van der Waals surface area (Å²) in [4.78, 5) is 3.61. The summed E-state index contributed by atoms with van der Waals surface area (Å²) in [5.41, 5.74) is 15.3. The topological polar surface area (TPSA) is 8.17 Å². The minimum Gasteiger partial charge on any atom is -0.315 e. The van der Waals surface area contributed by atoms with Gasteiger partial charge in [0, 0.05) is 51.6 Å². The van der Waals surface area contributed by atoms with E-state index in [2.05, 4.69) is 230 Å². The second-order valence-electron chi connectivity index (χ2n) is 14.7. The first-order chi connectivity index (χ1) is 28.6. The van der Waals surface area contributed by atoms with Gasteiger partial charge in [-0.05, 0) is 114 Å². The molecule has 284 valence electrons. The second-order valence-corrected chi connectivity index (χ2v) is 15.6. The zero-order valence-corrected chi connectivity index (χ0v) is 34.1. The highest BCUT2D eigenvalue weighted by atomic mass is 32.2. The molecule has 0 saturated carbocycles. The highest BCUT2D eigenvalue weighted by Crippen LogP contribution is 2.44. The summed E-state index contributed by atoms with van der Waals surface area (Å²) < 4.78 is 2.51. The average Bonchev–Trinajstić information content (AvgIpc) is 3.38. The Labute approximate surface area is 348 Å². The number of hydrogen-bond donors (Lipinski definition) is 0. The maximum Gasteiger partial charge on any atom is 0.0546 e. The Morgan fingerprint density at radius 2 is 1.36 bits per heavy atom. The monoisotopic (exact) mass is 768 g/mol. The standard InChI is InChI=1S/C55H48N2S/c1-4-47(35-32-41(2)3)56(49-36-33-43(34-37-49)45-24-18-23-44(39-45)42-21-12-11-13-22-42)50-28-19-25-46(40-50)51-29-20-31-52-54(51)55-53(30-16-7-5-6-10-17-38-58-55)57(52)48-26-14-8-9-15-27-48/h4,6-26,28-29,31-40H,1,5,27,30H2,2-3H3/b10-6-,16-7-,38-17-,47-35+. The van der Waals surface area contributed by atoms with Crippen LogP contribution in [0.1, 0.15) is 32.4 Å². The normalized spacial score (nSPS) is 15.7. The molecular weight excluding hydrogens is 721 g/mol. The molecule has 0 atom stereocenters. The summed E-state index contributed by atoms with van der Waals surface area (Å²) in [7, 11) is 0. The van der Waals surface area contributed by atoms with Crippen molar-refractivity contribution in [2.24, 2.45) is 0 Å². The Bertz CT molecular complexity index is 2690. The van der Waals surface area contributed by atoms with Gasteiger partial charge in [-0.1, -0.05) is 170 Å². The molecule has 1 aliphatic carbocycles. The van der Waals surface area contributed by atoms with Crippen LogP contribution < -0.4 is 4.90 Å². The third-order valence-electron chi connectivity index (χ3n) is 10.5. The fourth-order valence-corrected chi connectivity index (χ4v) is 8.65. The molecule has 58 heavy (non-hydrogen) atoms. The molecule has 0 amide bonds. The number of anilines is 2. The van der Waals surface area contributed by atoms with Crippen molar-refractivity contribution in [1.29, 1.82) is 0 Å². The van der Waals surface area contributed by atoms with Gasteiger partial charge in [0.15, 0.2) is 0 Å². The molecule has 1 aliphatic heterocycles. The van der Waals surface area contributed by atoms with Crippen LogP contribution in [0.25, 0.3) is 50.0 Å². The van der Waals surface area contributed by atoms with Crippen LogP contribution in [0.4, 0.5) is 11.4 Å². The largest absolute Gasteiger partial charge is 0.315 e. The van der Waals surface area contributed by atoms with Crippen molar-refractivity contribution < 1.29 is 0 Å². The van der Waals surface area contributed by atoms with Crippen molar-refractivity contribution >= 4 is 39.7 Å². The van der Waals surface area contributed by atoms with Crippen LogP contribution in [0.15, 0.2) is 228 Å². The van der Waals surface area contributed by atoms with E-state index < -0.39 is 0 Å². The lowest BCUT2D eigenvalue weighted by atomic mass is 9.98. The molecule has 0 N–H and O–H groups in total. The Morgan fingerprint density at radius 3 is 2.17 bits per heavy atom. The molecule has 5 aromatic carbocycles. The summed E-state index contributed by atoms with van der Waals surface area (Å²) in [5, 5.41) is 3.50. The van der Waals surface area contributed by atoms with Gasteiger partial charge in [0.05, 0.1) is 5.52 Å². The Kier molecular flexibility index (Phi) is 12.0. The molecule has 0 bridgehead atoms. The van der Waals surface area contributed by atoms with Crippen molar-refractivity contribution in [1.82, 2.24) is 4.57 Å². The van der Waals surface area contributed by atoms with Gasteiger partial charge >= 0.3 is 0 Å². The molecule has 3 heteroatoms. The van der Waals surface area contributed by atoms with Gasteiger partial charge in [-0.3, -0.25) is 0 Å². The van der Waals surface area contributed by atoms with Gasteiger partial charge < -0.3 is 9.47 Å². The first kappa shape index (κ1) is 38.3. The van der Waals surface area contributed by atoms with Crippen molar-refractivity contribution in [3.63, 3.8) is 0 Å². The summed E-state index contributed by atoms with van der Waals surface area (Å²) in [5.74, 6) is 0. The second kappa shape index (κ2) is 18.1. The molecule has 8 rings (SSSR count). The van der Waals surface area contributed by atoms with E-state index >= 15 is 0 Å². The van der Waals surface area contributed by atoms with E-state index in [9.17, 15) is 0 Å². The number of thioether (sulfide) groups is 1. The van der Waals surface area contributed by atoms with Gasteiger partial charge in [0.2, 0.25) is 0 Å². The maximum absolute atomic E-state index is 4.30. The molecule has 2 nitrogen and oxygen atoms in total. The van der Waals surface area contributed by atoms with E-state index in [1.807, 2.05) is 17.8 Å². The van der Waals surface area contributed by atoms with E-state index in [4.69, 9.17) is 0 Å². The summed E-state index contributed by atoms with van der Waals surface area (Å²) >= 11 is 1.82. The van der Waals surface area contributed by atoms with Gasteiger partial charge in [-0.2, -0.15) is 0 Å². The number of aromatic nitrogens is 1. The fourth-order valence-electron chi connectivity index (χ4n) is 7.70. The van der Waals surface area contributed by atoms with Crippen LogP contribution in [-0.4, -0.2) is 4.57 Å². The lowest BCUT2D eigenvalue weighted by Gasteiger charge is -2.27. The molecular formula is C55H48N2S. The molecule has 6 aromatic rings. The van der Waals surface area contributed by atoms with Crippen molar-refractivity contribution in [2.75, 3.05) is 4.90 Å². The number of benzene rings is 5. The van der Waals surface area contributed by atoms with Gasteiger partial charge in [0.25, 0.3) is 0 Å². The van der Waals surface area contributed by atoms with Gasteiger partial charge in [0.1, 0.15) is 0 Å². The fraction of sp³-hybridized carbons (Fsp3) is 0.0909. The van der Waals surface area contributed by atoms with E-state index in [0.29, 0.717) is 0 Å². The molecule has 0 unspecified atom stereocenters. The van der Waals surface area contributed by atoms with Crippen LogP contribution in [-0.2, 0) is 6.42 Å². The molecule has 1 aromatic heterocycles. The first-order valence-corrected chi connectivity index (χ1v) is 20.9. The lowest BCUT2D eigenvalue weighted by molar-refractivity contribution is 0.967. The van der Waals surface area contributed by atoms with E-state index in [-0.39, 0.29) is 0 Å². The minimum atomic E-state index is 0.848. The third-order valence-corrected chi connectivity index (χ3v) is 11.4. The number of allylic oxidation sites excluding steroid dienone is 15. The Balaban J connectivity index is 1.26. The van der Waals surface area contributed by atoms with E-state index in [0.717, 1.165) is 41.9 Å². The smallest absolute Gasteiger partial charge is 0.0546 e. The summed E-state index contributed by atoms with van der Waals surface area (Å²) in [6.45, 7) is 8.55. The van der Waals surface area contributed by atoms with Gasteiger partial charge in [-0.15, -0.1) is 0 Å². The predicted octanol–water partition coefficient (Wildman–Crippen LogP) is 15.8. The van der Waals surface area contributed by atoms with Crippen LogP contribution in [0.5, 0.6) is 0 Å². The van der Waals surface area contributed by atoms with E-state index in [1.54, 1.807) is 0 Å². The molecule has 2 aliphatic rings. The molecule has 0 saturated heterocycles. The molecule has 2 heterocycles. The van der Waals surface area contributed by atoms with Crippen molar-refractivity contribution in [3.8, 4) is 33.4 Å². The SMILES string of the molecule is C=C/C(=C\C=C(C)C)N(c1ccc(-c2cccc(-c3ccccc3)c2)cc1)c1cccc(-c2cccc3c2c2c(n3C3=CC=CC=CC3)C/C=C\C/C=C\C=C/S2)c1. The van der Waals surface area contributed by atoms with Crippen LogP contribution in [0, 0.1) is 0 Å². The summed E-state index contributed by atoms with van der Waals surface area (Å²) in [6, 6.07) is 44.0. The molecule has 0 radical (unpaired) electrons. The van der Waals surface area contributed by atoms with E-state index in [1.165, 1.54) is 60.6 Å².